The van der Waals surface area contributed by atoms with Gasteiger partial charge in [0.2, 0.25) is 5.75 Å². The summed E-state index contributed by atoms with van der Waals surface area (Å²) in [7, 11) is -6.10. The van der Waals surface area contributed by atoms with Crippen LogP contribution in [0.25, 0.3) is 0 Å². The minimum Gasteiger partial charge on any atom is -0.370 e. The van der Waals surface area contributed by atoms with Gasteiger partial charge in [0.15, 0.2) is 11.5 Å². The lowest BCUT2D eigenvalue weighted by Gasteiger charge is -2.11. The Bertz CT molecular complexity index is 714. The molecule has 0 saturated heterocycles. The number of aromatic amines is 1. The number of nitrogens with zero attached hydrogens (tertiary/aromatic N) is 1. The highest BCUT2D eigenvalue weighted by molar-refractivity contribution is 7.88. The maximum absolute atomic E-state index is 13.4. The van der Waals surface area contributed by atoms with E-state index >= 15 is 0 Å². The van der Waals surface area contributed by atoms with Crippen molar-refractivity contribution in [1.82, 2.24) is 4.98 Å². The van der Waals surface area contributed by atoms with Gasteiger partial charge in [-0.05, 0) is 6.92 Å². The van der Waals surface area contributed by atoms with Crippen LogP contribution in [0.4, 0.5) is 17.6 Å². The Morgan fingerprint density at radius 3 is 2.32 bits per heavy atom. The largest absolute Gasteiger partial charge is 0.534 e. The van der Waals surface area contributed by atoms with Crippen molar-refractivity contribution in [1.29, 1.82) is 5.26 Å². The number of hydrogen-bond donors (Lipinski definition) is 1. The van der Waals surface area contributed by atoms with E-state index < -0.39 is 44.0 Å². The monoisotopic (exact) mass is 300 g/mol. The first-order valence-corrected chi connectivity index (χ1v) is 5.75. The molecule has 0 aliphatic carbocycles. The third-order valence-corrected chi connectivity index (χ3v) is 2.88. The van der Waals surface area contributed by atoms with E-state index in [-0.39, 0.29) is 0 Å². The van der Waals surface area contributed by atoms with Crippen LogP contribution in [-0.4, -0.2) is 18.9 Å². The van der Waals surface area contributed by atoms with Gasteiger partial charge in [-0.3, -0.25) is 4.79 Å². The second-order valence-corrected chi connectivity index (χ2v) is 4.73. The van der Waals surface area contributed by atoms with E-state index in [0.29, 0.717) is 0 Å². The molecule has 1 heterocycles. The van der Waals surface area contributed by atoms with Crippen molar-refractivity contribution in [3.8, 4) is 11.8 Å². The summed E-state index contributed by atoms with van der Waals surface area (Å²) >= 11 is 0. The lowest BCUT2D eigenvalue weighted by Crippen LogP contribution is -2.31. The highest BCUT2D eigenvalue weighted by Gasteiger charge is 2.49. The fourth-order valence-corrected chi connectivity index (χ4v) is 1.53. The van der Waals surface area contributed by atoms with Crippen molar-refractivity contribution in [3.63, 3.8) is 0 Å². The SMILES string of the molecule is Cc1c(F)c(C#N)[nH]c(=O)c1OS(=O)(=O)C(F)(F)F. The smallest absolute Gasteiger partial charge is 0.370 e. The Kier molecular flexibility index (Phi) is 3.58. The molecule has 0 bridgehead atoms. The van der Waals surface area contributed by atoms with Gasteiger partial charge in [0.1, 0.15) is 6.07 Å². The molecule has 0 radical (unpaired) electrons. The summed E-state index contributed by atoms with van der Waals surface area (Å²) in [5, 5.41) is 8.42. The number of halogens is 4. The number of nitrogens with one attached hydrogen (secondary N) is 1. The van der Waals surface area contributed by atoms with E-state index in [1.165, 1.54) is 6.07 Å². The number of H-pyrrole nitrogens is 1. The van der Waals surface area contributed by atoms with Crippen LogP contribution in [0.5, 0.6) is 5.75 Å². The second kappa shape index (κ2) is 4.54. The molecule has 0 spiro atoms. The van der Waals surface area contributed by atoms with Gasteiger partial charge in [0.05, 0.1) is 0 Å². The first-order valence-electron chi connectivity index (χ1n) is 4.34. The average molecular weight is 300 g/mol. The molecule has 11 heteroatoms. The van der Waals surface area contributed by atoms with Crippen molar-refractivity contribution in [2.24, 2.45) is 0 Å². The number of pyridine rings is 1. The van der Waals surface area contributed by atoms with Crippen LogP contribution < -0.4 is 9.74 Å². The summed E-state index contributed by atoms with van der Waals surface area (Å²) in [6, 6.07) is 1.24. The number of rotatable bonds is 2. The number of alkyl halides is 3. The molecule has 1 N–H and O–H groups in total. The Hall–Kier alpha value is -2.09. The number of hydrogen-bond acceptors (Lipinski definition) is 5. The fourth-order valence-electron chi connectivity index (χ4n) is 1.02. The van der Waals surface area contributed by atoms with Crippen LogP contribution in [0.3, 0.4) is 0 Å². The molecule has 0 fully saturated rings. The highest BCUT2D eigenvalue weighted by Crippen LogP contribution is 2.27. The molecule has 0 atom stereocenters. The summed E-state index contributed by atoms with van der Waals surface area (Å²) in [6.07, 6.45) is 0. The van der Waals surface area contributed by atoms with Crippen molar-refractivity contribution in [2.45, 2.75) is 12.4 Å². The van der Waals surface area contributed by atoms with Crippen molar-refractivity contribution < 1.29 is 30.2 Å². The molecule has 0 aliphatic heterocycles. The zero-order valence-electron chi connectivity index (χ0n) is 9.00. The van der Waals surface area contributed by atoms with Crippen LogP contribution in [0.1, 0.15) is 11.3 Å². The first kappa shape index (κ1) is 15.0. The van der Waals surface area contributed by atoms with E-state index in [9.17, 15) is 30.8 Å². The van der Waals surface area contributed by atoms with Gasteiger partial charge in [-0.2, -0.15) is 26.9 Å². The zero-order chi connectivity index (χ0) is 15.0. The number of aromatic nitrogens is 1. The predicted octanol–water partition coefficient (Wildman–Crippen LogP) is 0.923. The summed E-state index contributed by atoms with van der Waals surface area (Å²) in [4.78, 5) is 12.8. The normalized spacial score (nSPS) is 12.0. The minimum atomic E-state index is -6.10. The van der Waals surface area contributed by atoms with E-state index in [1.54, 1.807) is 4.98 Å². The van der Waals surface area contributed by atoms with Crippen molar-refractivity contribution in [2.75, 3.05) is 0 Å². The van der Waals surface area contributed by atoms with Crippen LogP contribution in [0, 0.1) is 24.1 Å². The van der Waals surface area contributed by atoms with Crippen LogP contribution in [0.15, 0.2) is 4.79 Å². The molecule has 0 saturated carbocycles. The summed E-state index contributed by atoms with van der Waals surface area (Å²) in [5.41, 5.74) is -8.91. The molecule has 0 unspecified atom stereocenters. The maximum atomic E-state index is 13.4. The van der Waals surface area contributed by atoms with Gasteiger partial charge in [-0.15, -0.1) is 0 Å². The zero-order valence-corrected chi connectivity index (χ0v) is 9.82. The minimum absolute atomic E-state index is 0.798. The average Bonchev–Trinajstić information content (AvgIpc) is 2.27. The molecule has 1 aromatic heterocycles. The van der Waals surface area contributed by atoms with Gasteiger partial charge < -0.3 is 9.17 Å². The molecule has 104 valence electrons. The van der Waals surface area contributed by atoms with Gasteiger partial charge in [0, 0.05) is 5.56 Å². The lowest BCUT2D eigenvalue weighted by molar-refractivity contribution is -0.0500. The molecule has 19 heavy (non-hydrogen) atoms. The summed E-state index contributed by atoms with van der Waals surface area (Å²) in [5.74, 6) is -2.76. The van der Waals surface area contributed by atoms with Gasteiger partial charge in [0.25, 0.3) is 5.56 Å². The molecular weight excluding hydrogens is 296 g/mol. The fraction of sp³-hybridized carbons (Fsp3) is 0.250. The summed E-state index contributed by atoms with van der Waals surface area (Å²) < 4.78 is 74.5. The Balaban J connectivity index is 3.46. The first-order chi connectivity index (χ1) is 8.51. The predicted molar refractivity (Wildman–Crippen MR) is 52.1 cm³/mol. The van der Waals surface area contributed by atoms with Crippen molar-refractivity contribution >= 4 is 10.1 Å². The van der Waals surface area contributed by atoms with Gasteiger partial charge in [-0.1, -0.05) is 0 Å². The Labute approximate surface area is 103 Å². The molecule has 1 rings (SSSR count). The summed E-state index contributed by atoms with van der Waals surface area (Å²) in [6.45, 7) is 0.798. The van der Waals surface area contributed by atoms with E-state index in [2.05, 4.69) is 4.18 Å². The quantitative estimate of drug-likeness (QED) is 0.497. The molecule has 1 aromatic rings. The lowest BCUT2D eigenvalue weighted by atomic mass is 10.2. The third kappa shape index (κ3) is 2.68. The van der Waals surface area contributed by atoms with E-state index in [1.807, 2.05) is 0 Å². The maximum Gasteiger partial charge on any atom is 0.534 e. The van der Waals surface area contributed by atoms with E-state index in [4.69, 9.17) is 5.26 Å². The molecule has 0 aromatic carbocycles. The van der Waals surface area contributed by atoms with Crippen LogP contribution >= 0.6 is 0 Å². The Morgan fingerprint density at radius 1 is 1.37 bits per heavy atom. The topological polar surface area (TPSA) is 100 Å². The molecule has 6 nitrogen and oxygen atoms in total. The van der Waals surface area contributed by atoms with Crippen molar-refractivity contribution in [3.05, 3.63) is 27.4 Å². The van der Waals surface area contributed by atoms with Gasteiger partial charge in [-0.25, -0.2) is 4.39 Å². The molecule has 0 amide bonds. The number of nitriles is 1. The van der Waals surface area contributed by atoms with E-state index in [0.717, 1.165) is 6.92 Å². The molecular formula is C8H4F4N2O4S. The Morgan fingerprint density at radius 2 is 1.89 bits per heavy atom. The third-order valence-electron chi connectivity index (χ3n) is 1.92. The van der Waals surface area contributed by atoms with Crippen LogP contribution in [-0.2, 0) is 10.1 Å². The van der Waals surface area contributed by atoms with Gasteiger partial charge >= 0.3 is 15.6 Å². The standard InChI is InChI=1S/C8H4F4N2O4S/c1-3-5(9)4(2-13)14-7(15)6(3)18-19(16,17)8(10,11)12/h1H3,(H,14,15). The van der Waals surface area contributed by atoms with Crippen LogP contribution in [0.2, 0.25) is 0 Å². The second-order valence-electron chi connectivity index (χ2n) is 3.19. The highest BCUT2D eigenvalue weighted by atomic mass is 32.2. The molecule has 0 aliphatic rings.